The van der Waals surface area contributed by atoms with Crippen LogP contribution in [0, 0.1) is 13.8 Å². The van der Waals surface area contributed by atoms with Crippen LogP contribution < -0.4 is 5.32 Å². The second kappa shape index (κ2) is 6.68. The van der Waals surface area contributed by atoms with Crippen molar-refractivity contribution in [2.24, 2.45) is 0 Å². The van der Waals surface area contributed by atoms with Crippen LogP contribution in [0.3, 0.4) is 0 Å². The first-order valence-corrected chi connectivity index (χ1v) is 8.91. The second-order valence-electron chi connectivity index (χ2n) is 5.93. The first-order valence-electron chi connectivity index (χ1n) is 8.03. The maximum Gasteiger partial charge on any atom is 0.253 e. The Morgan fingerprint density at radius 3 is 2.83 bits per heavy atom. The van der Waals surface area contributed by atoms with Crippen molar-refractivity contribution in [2.45, 2.75) is 40.2 Å². The smallest absolute Gasteiger partial charge is 0.253 e. The summed E-state index contributed by atoms with van der Waals surface area (Å²) in [5.74, 6) is 0.0822. The van der Waals surface area contributed by atoms with Gasteiger partial charge in [0, 0.05) is 35.5 Å². The maximum absolute atomic E-state index is 12.5. The summed E-state index contributed by atoms with van der Waals surface area (Å²) in [7, 11) is 0. The van der Waals surface area contributed by atoms with E-state index < -0.39 is 0 Å². The van der Waals surface area contributed by atoms with Gasteiger partial charge < -0.3 is 5.32 Å². The third-order valence-electron chi connectivity index (χ3n) is 3.97. The Bertz CT molecular complexity index is 882. The highest BCUT2D eigenvalue weighted by molar-refractivity contribution is 7.09. The van der Waals surface area contributed by atoms with Gasteiger partial charge >= 0.3 is 0 Å². The molecule has 0 bridgehead atoms. The Labute approximate surface area is 144 Å². The molecule has 126 valence electrons. The molecular weight excluding hydrogens is 322 g/mol. The first kappa shape index (κ1) is 16.6. The fourth-order valence-corrected chi connectivity index (χ4v) is 3.44. The minimum Gasteiger partial charge on any atom is -0.351 e. The monoisotopic (exact) mass is 343 g/mol. The Balaban J connectivity index is 1.75. The number of pyridine rings is 1. The van der Waals surface area contributed by atoms with Gasteiger partial charge in [-0.3, -0.25) is 4.79 Å². The average molecular weight is 343 g/mol. The minimum atomic E-state index is -0.105. The molecule has 7 heteroatoms. The molecular formula is C17H21N5OS. The number of nitrogens with one attached hydrogen (secondary N) is 1. The highest BCUT2D eigenvalue weighted by Gasteiger charge is 2.16. The number of hydrogen-bond donors (Lipinski definition) is 1. The number of amides is 1. The lowest BCUT2D eigenvalue weighted by molar-refractivity contribution is 0.0951. The molecule has 0 aliphatic rings. The first-order chi connectivity index (χ1) is 11.5. The van der Waals surface area contributed by atoms with E-state index in [-0.39, 0.29) is 11.8 Å². The van der Waals surface area contributed by atoms with Crippen molar-refractivity contribution in [3.05, 3.63) is 39.6 Å². The highest BCUT2D eigenvalue weighted by atomic mass is 32.1. The predicted octanol–water partition coefficient (Wildman–Crippen LogP) is 3.06. The minimum absolute atomic E-state index is 0.105. The van der Waals surface area contributed by atoms with Crippen LogP contribution >= 0.6 is 11.3 Å². The molecule has 3 rings (SSSR count). The fraction of sp³-hybridized carbons (Fsp3) is 0.412. The summed E-state index contributed by atoms with van der Waals surface area (Å²) < 4.78 is 1.83. The van der Waals surface area contributed by atoms with Crippen molar-refractivity contribution in [1.82, 2.24) is 25.1 Å². The molecule has 24 heavy (non-hydrogen) atoms. The van der Waals surface area contributed by atoms with E-state index in [4.69, 9.17) is 0 Å². The van der Waals surface area contributed by atoms with Crippen LogP contribution in [-0.4, -0.2) is 32.2 Å². The van der Waals surface area contributed by atoms with E-state index in [1.165, 1.54) is 0 Å². The van der Waals surface area contributed by atoms with Crippen LogP contribution in [0.15, 0.2) is 17.6 Å². The summed E-state index contributed by atoms with van der Waals surface area (Å²) >= 11 is 1.63. The van der Waals surface area contributed by atoms with Gasteiger partial charge in [-0.25, -0.2) is 14.6 Å². The molecule has 0 spiro atoms. The number of carbonyl (C=O) groups excluding carboxylic acids is 1. The lowest BCUT2D eigenvalue weighted by Crippen LogP contribution is -2.28. The van der Waals surface area contributed by atoms with E-state index in [2.05, 4.69) is 27.3 Å². The van der Waals surface area contributed by atoms with Crippen molar-refractivity contribution >= 4 is 28.3 Å². The summed E-state index contributed by atoms with van der Waals surface area (Å²) in [4.78, 5) is 21.6. The largest absolute Gasteiger partial charge is 0.351 e. The van der Waals surface area contributed by atoms with E-state index in [0.717, 1.165) is 28.3 Å². The van der Waals surface area contributed by atoms with Crippen LogP contribution in [-0.2, 0) is 6.54 Å². The van der Waals surface area contributed by atoms with E-state index in [1.54, 1.807) is 17.5 Å². The number of hydrogen-bond acceptors (Lipinski definition) is 5. The molecule has 1 unspecified atom stereocenters. The third kappa shape index (κ3) is 3.17. The molecule has 3 aromatic heterocycles. The molecule has 1 atom stereocenters. The average Bonchev–Trinajstić information content (AvgIpc) is 3.17. The van der Waals surface area contributed by atoms with E-state index in [1.807, 2.05) is 36.9 Å². The fourth-order valence-electron chi connectivity index (χ4n) is 2.58. The highest BCUT2D eigenvalue weighted by Crippen LogP contribution is 2.20. The van der Waals surface area contributed by atoms with Crippen molar-refractivity contribution in [3.63, 3.8) is 0 Å². The number of aromatic nitrogens is 4. The molecule has 0 aliphatic carbocycles. The molecule has 0 saturated carbocycles. The van der Waals surface area contributed by atoms with Crippen LogP contribution in [0.5, 0.6) is 0 Å². The zero-order valence-electron chi connectivity index (χ0n) is 14.3. The van der Waals surface area contributed by atoms with Gasteiger partial charge in [0.1, 0.15) is 0 Å². The standard InChI is InChI=1S/C17H21N5OS/c1-5-22-15-13(8-19-22)6-14(12(4)21-15)16(23)18-7-10(2)17-20-11(3)9-24-17/h6,8-10H,5,7H2,1-4H3,(H,18,23). The van der Waals surface area contributed by atoms with Gasteiger partial charge in [0.15, 0.2) is 5.65 Å². The van der Waals surface area contributed by atoms with E-state index >= 15 is 0 Å². The van der Waals surface area contributed by atoms with Crippen molar-refractivity contribution in [3.8, 4) is 0 Å². The zero-order valence-corrected chi connectivity index (χ0v) is 15.1. The topological polar surface area (TPSA) is 72.7 Å². The Morgan fingerprint density at radius 1 is 1.38 bits per heavy atom. The summed E-state index contributed by atoms with van der Waals surface area (Å²) in [5.41, 5.74) is 3.15. The number of aryl methyl sites for hydroxylation is 3. The third-order valence-corrected chi connectivity index (χ3v) is 5.17. The van der Waals surface area contributed by atoms with Crippen molar-refractivity contribution in [2.75, 3.05) is 6.54 Å². The molecule has 1 amide bonds. The van der Waals surface area contributed by atoms with Crippen molar-refractivity contribution in [1.29, 1.82) is 0 Å². The number of rotatable bonds is 5. The lowest BCUT2D eigenvalue weighted by atomic mass is 10.1. The summed E-state index contributed by atoms with van der Waals surface area (Å²) in [6.07, 6.45) is 1.75. The maximum atomic E-state index is 12.5. The van der Waals surface area contributed by atoms with E-state index in [9.17, 15) is 4.79 Å². The van der Waals surface area contributed by atoms with Crippen LogP contribution in [0.2, 0.25) is 0 Å². The number of thiazole rings is 1. The number of nitrogens with zero attached hydrogens (tertiary/aromatic N) is 4. The van der Waals surface area contributed by atoms with Gasteiger partial charge in [-0.2, -0.15) is 5.10 Å². The molecule has 0 fully saturated rings. The van der Waals surface area contributed by atoms with Crippen LogP contribution in [0.4, 0.5) is 0 Å². The normalized spacial score (nSPS) is 12.5. The Morgan fingerprint density at radius 2 is 2.17 bits per heavy atom. The molecule has 0 aromatic carbocycles. The van der Waals surface area contributed by atoms with Gasteiger partial charge in [-0.05, 0) is 26.8 Å². The second-order valence-corrected chi connectivity index (χ2v) is 6.82. The zero-order chi connectivity index (χ0) is 17.3. The van der Waals surface area contributed by atoms with Gasteiger partial charge in [0.25, 0.3) is 5.91 Å². The number of carbonyl (C=O) groups is 1. The molecule has 3 heterocycles. The van der Waals surface area contributed by atoms with E-state index in [0.29, 0.717) is 17.8 Å². The summed E-state index contributed by atoms with van der Waals surface area (Å²) in [6, 6.07) is 1.87. The summed E-state index contributed by atoms with van der Waals surface area (Å²) in [6.45, 7) is 9.23. The van der Waals surface area contributed by atoms with Crippen molar-refractivity contribution < 1.29 is 4.79 Å². The summed E-state index contributed by atoms with van der Waals surface area (Å²) in [5, 5.41) is 11.2. The van der Waals surface area contributed by atoms with Crippen LogP contribution in [0.25, 0.3) is 11.0 Å². The van der Waals surface area contributed by atoms with Crippen LogP contribution in [0.1, 0.15) is 46.5 Å². The van der Waals surface area contributed by atoms with Gasteiger partial charge in [0.05, 0.1) is 22.5 Å². The van der Waals surface area contributed by atoms with Gasteiger partial charge in [-0.1, -0.05) is 6.92 Å². The SMILES string of the molecule is CCn1ncc2cc(C(=O)NCC(C)c3nc(C)cs3)c(C)nc21. The molecule has 0 radical (unpaired) electrons. The Hall–Kier alpha value is -2.28. The number of fused-ring (bicyclic) bond motifs is 1. The van der Waals surface area contributed by atoms with Gasteiger partial charge in [-0.15, -0.1) is 11.3 Å². The quantitative estimate of drug-likeness (QED) is 0.773. The molecule has 0 aliphatic heterocycles. The lowest BCUT2D eigenvalue weighted by Gasteiger charge is -2.11. The predicted molar refractivity (Wildman–Crippen MR) is 95.5 cm³/mol. The Kier molecular flexibility index (Phi) is 4.62. The molecule has 1 N–H and O–H groups in total. The molecule has 3 aromatic rings. The van der Waals surface area contributed by atoms with Gasteiger partial charge in [0.2, 0.25) is 0 Å². The molecule has 0 saturated heterocycles. The molecule has 6 nitrogen and oxygen atoms in total.